The molecule has 0 aliphatic carbocycles. The van der Waals surface area contributed by atoms with Crippen LogP contribution in [0.25, 0.3) is 0 Å². The second-order valence-corrected chi connectivity index (χ2v) is 15.4. The highest BCUT2D eigenvalue weighted by molar-refractivity contribution is 7.98. The quantitative estimate of drug-likeness (QED) is 0.156. The zero-order chi connectivity index (χ0) is 38.3. The van der Waals surface area contributed by atoms with Crippen LogP contribution >= 0.6 is 46.6 Å². The zero-order valence-electron chi connectivity index (χ0n) is 31.2. The van der Waals surface area contributed by atoms with Crippen molar-refractivity contribution in [1.29, 1.82) is 0 Å². The van der Waals surface area contributed by atoms with Crippen molar-refractivity contribution in [3.05, 3.63) is 92.4 Å². The number of methoxy groups -OCH3 is 2. The first-order valence-corrected chi connectivity index (χ1v) is 20.0. The van der Waals surface area contributed by atoms with E-state index in [1.165, 1.54) is 11.8 Å². The van der Waals surface area contributed by atoms with Crippen LogP contribution in [0.3, 0.4) is 0 Å². The van der Waals surface area contributed by atoms with Gasteiger partial charge in [0, 0.05) is 74.5 Å². The number of hydrogen-bond acceptors (Lipinski definition) is 8. The van der Waals surface area contributed by atoms with E-state index in [9.17, 15) is 4.79 Å². The number of carbonyl (C=O) groups excluding carboxylic acids is 2. The zero-order valence-corrected chi connectivity index (χ0v) is 34.2. The summed E-state index contributed by atoms with van der Waals surface area (Å²) in [5.41, 5.74) is 0.319. The first-order chi connectivity index (χ1) is 25.4. The number of carbonyl (C=O) groups is 2. The van der Waals surface area contributed by atoms with E-state index in [0.717, 1.165) is 16.0 Å². The van der Waals surface area contributed by atoms with Gasteiger partial charge < -0.3 is 24.0 Å². The highest BCUT2D eigenvalue weighted by atomic mass is 35.5. The van der Waals surface area contributed by atoms with Gasteiger partial charge in [-0.3, -0.25) is 19.6 Å². The summed E-state index contributed by atoms with van der Waals surface area (Å²) in [4.78, 5) is 42.5. The molecule has 3 aromatic rings. The minimum atomic E-state index is -1.06. The predicted molar refractivity (Wildman–Crippen MR) is 214 cm³/mol. The normalized spacial score (nSPS) is 20.4. The molecule has 0 aromatic heterocycles. The van der Waals surface area contributed by atoms with E-state index in [1.807, 2.05) is 84.5 Å². The van der Waals surface area contributed by atoms with Crippen molar-refractivity contribution >= 4 is 64.3 Å². The minimum absolute atomic E-state index is 0.00215. The van der Waals surface area contributed by atoms with Crippen LogP contribution in [0.1, 0.15) is 37.5 Å². The van der Waals surface area contributed by atoms with Gasteiger partial charge in [0.25, 0.3) is 0 Å². The Balaban J connectivity index is 1.57. The van der Waals surface area contributed by atoms with Crippen LogP contribution in [0.15, 0.2) is 70.6 Å². The number of amides is 3. The number of aliphatic imine (C=N–C) groups is 1. The lowest BCUT2D eigenvalue weighted by molar-refractivity contribution is -0.134. The van der Waals surface area contributed by atoms with Gasteiger partial charge in [-0.15, -0.1) is 11.8 Å². The third-order valence-electron chi connectivity index (χ3n) is 10.2. The van der Waals surface area contributed by atoms with Gasteiger partial charge in [0.1, 0.15) is 22.7 Å². The number of benzene rings is 3. The van der Waals surface area contributed by atoms with Crippen molar-refractivity contribution < 1.29 is 23.8 Å². The van der Waals surface area contributed by atoms with Gasteiger partial charge in [-0.05, 0) is 68.5 Å². The Kier molecular flexibility index (Phi) is 14.0. The Bertz CT molecular complexity index is 1770. The number of amidine groups is 1. The summed E-state index contributed by atoms with van der Waals surface area (Å²) in [6.45, 7) is 10.4. The number of ether oxygens (including phenoxy) is 3. The lowest BCUT2D eigenvalue weighted by atomic mass is 9.71. The Morgan fingerprint density at radius 1 is 0.868 bits per heavy atom. The Morgan fingerprint density at radius 3 is 1.96 bits per heavy atom. The van der Waals surface area contributed by atoms with Crippen molar-refractivity contribution in [2.75, 3.05) is 86.1 Å². The van der Waals surface area contributed by atoms with Crippen molar-refractivity contribution in [3.8, 4) is 5.75 Å². The van der Waals surface area contributed by atoms with E-state index < -0.39 is 11.1 Å². The molecular formula is C39H48Cl3N5O5S. The van der Waals surface area contributed by atoms with Crippen molar-refractivity contribution in [2.24, 2.45) is 4.99 Å². The molecule has 0 bridgehead atoms. The topological polar surface area (TPSA) is 87.2 Å². The molecule has 2 heterocycles. The van der Waals surface area contributed by atoms with Gasteiger partial charge in [0.15, 0.2) is 0 Å². The second-order valence-electron chi connectivity index (χ2n) is 13.3. The van der Waals surface area contributed by atoms with Crippen molar-refractivity contribution in [3.63, 3.8) is 0 Å². The molecule has 10 nitrogen and oxygen atoms in total. The summed E-state index contributed by atoms with van der Waals surface area (Å²) in [6.07, 6.45) is 1.96. The minimum Gasteiger partial charge on any atom is -0.493 e. The molecule has 53 heavy (non-hydrogen) atoms. The molecular weight excluding hydrogens is 757 g/mol. The molecule has 0 N–H and O–H groups in total. The standard InChI is InChI=1S/C39H48Cl3N5O5S/c1-7-52-33-25-32(42)34(53-6)24-31(33)36-43-38(2,27-8-12-29(40)13-9-27)39(3,28-10-14-30(41)15-11-28)47(36)37(49)46-18-16-44(17-19-46)26-35(48)45(20-22-50-4)21-23-51-5/h8-15,24-25H,7,16-23,26H2,1-6H3. The maximum Gasteiger partial charge on any atom is 0.326 e. The van der Waals surface area contributed by atoms with E-state index in [4.69, 9.17) is 54.0 Å². The molecule has 14 heteroatoms. The number of rotatable bonds is 14. The van der Waals surface area contributed by atoms with E-state index >= 15 is 4.79 Å². The summed E-state index contributed by atoms with van der Waals surface area (Å²) in [6, 6.07) is 18.7. The fraction of sp³-hybridized carbons (Fsp3) is 0.462. The average Bonchev–Trinajstić information content (AvgIpc) is 3.39. The van der Waals surface area contributed by atoms with Crippen LogP contribution in [-0.4, -0.2) is 123 Å². The Labute approximate surface area is 332 Å². The number of nitrogens with zero attached hydrogens (tertiary/aromatic N) is 5. The summed E-state index contributed by atoms with van der Waals surface area (Å²) >= 11 is 21.0. The number of urea groups is 1. The molecule has 1 saturated heterocycles. The predicted octanol–water partition coefficient (Wildman–Crippen LogP) is 7.52. The summed E-state index contributed by atoms with van der Waals surface area (Å²) < 4.78 is 16.6. The highest BCUT2D eigenvalue weighted by Crippen LogP contribution is 2.54. The van der Waals surface area contributed by atoms with Crippen LogP contribution in [0.5, 0.6) is 5.75 Å². The third kappa shape index (κ3) is 8.62. The molecule has 2 aliphatic heterocycles. The Morgan fingerprint density at radius 2 is 1.43 bits per heavy atom. The molecule has 286 valence electrons. The van der Waals surface area contributed by atoms with E-state index in [1.54, 1.807) is 25.2 Å². The number of thioether (sulfide) groups is 1. The number of hydrogen-bond donors (Lipinski definition) is 0. The van der Waals surface area contributed by atoms with E-state index in [2.05, 4.69) is 11.8 Å². The summed E-state index contributed by atoms with van der Waals surface area (Å²) in [7, 11) is 3.24. The number of halogens is 3. The highest BCUT2D eigenvalue weighted by Gasteiger charge is 2.60. The second kappa shape index (κ2) is 18.1. The fourth-order valence-corrected chi connectivity index (χ4v) is 8.13. The summed E-state index contributed by atoms with van der Waals surface area (Å²) in [5.74, 6) is 0.989. The van der Waals surface area contributed by atoms with Gasteiger partial charge in [0.05, 0.1) is 37.0 Å². The summed E-state index contributed by atoms with van der Waals surface area (Å²) in [5, 5.41) is 1.73. The lowest BCUT2D eigenvalue weighted by Gasteiger charge is -2.47. The average molecular weight is 805 g/mol. The van der Waals surface area contributed by atoms with Gasteiger partial charge in [0.2, 0.25) is 5.91 Å². The Hall–Kier alpha value is -3.03. The van der Waals surface area contributed by atoms with Crippen LogP contribution in [0, 0.1) is 0 Å². The van der Waals surface area contributed by atoms with Crippen LogP contribution in [-0.2, 0) is 25.3 Å². The van der Waals surface area contributed by atoms with Crippen LogP contribution < -0.4 is 4.74 Å². The van der Waals surface area contributed by atoms with Crippen LogP contribution in [0.2, 0.25) is 15.1 Å². The molecule has 3 aromatic carbocycles. The largest absolute Gasteiger partial charge is 0.493 e. The van der Waals surface area contributed by atoms with Gasteiger partial charge in [-0.25, -0.2) is 4.79 Å². The molecule has 2 unspecified atom stereocenters. The van der Waals surface area contributed by atoms with Gasteiger partial charge in [-0.2, -0.15) is 0 Å². The van der Waals surface area contributed by atoms with Crippen LogP contribution in [0.4, 0.5) is 4.79 Å². The monoisotopic (exact) mass is 803 g/mol. The maximum atomic E-state index is 15.3. The first kappa shape index (κ1) is 41.1. The maximum absolute atomic E-state index is 15.3. The molecule has 0 radical (unpaired) electrons. The third-order valence-corrected chi connectivity index (χ3v) is 11.9. The van der Waals surface area contributed by atoms with E-state index in [0.29, 0.717) is 91.3 Å². The molecule has 2 atom stereocenters. The molecule has 0 spiro atoms. The van der Waals surface area contributed by atoms with E-state index in [-0.39, 0.29) is 18.5 Å². The number of piperazine rings is 1. The molecule has 2 aliphatic rings. The molecule has 0 saturated carbocycles. The van der Waals surface area contributed by atoms with Crippen molar-refractivity contribution in [1.82, 2.24) is 19.6 Å². The fourth-order valence-electron chi connectivity index (χ4n) is 7.00. The van der Waals surface area contributed by atoms with Gasteiger partial charge >= 0.3 is 6.03 Å². The smallest absolute Gasteiger partial charge is 0.326 e. The lowest BCUT2D eigenvalue weighted by Crippen LogP contribution is -2.61. The van der Waals surface area contributed by atoms with Crippen molar-refractivity contribution in [2.45, 2.75) is 36.7 Å². The molecule has 5 rings (SSSR count). The molecule has 1 fully saturated rings. The van der Waals surface area contributed by atoms with Gasteiger partial charge in [-0.1, -0.05) is 59.1 Å². The SMILES string of the molecule is CCOc1cc(Cl)c(SC)cc1C1=NC(C)(c2ccc(Cl)cc2)C(C)(c2ccc(Cl)cc2)N1C(=O)N1CCN(CC(=O)N(CCOC)CCOC)CC1. The molecule has 3 amide bonds. The first-order valence-electron chi connectivity index (χ1n) is 17.6.